The summed E-state index contributed by atoms with van der Waals surface area (Å²) in [5, 5.41) is 11.3. The van der Waals surface area contributed by atoms with Crippen molar-refractivity contribution in [2.24, 2.45) is 0 Å². The zero-order valence-corrected chi connectivity index (χ0v) is 12.6. The summed E-state index contributed by atoms with van der Waals surface area (Å²) in [6.07, 6.45) is 2.41. The van der Waals surface area contributed by atoms with Crippen molar-refractivity contribution in [2.45, 2.75) is 57.5 Å². The van der Waals surface area contributed by atoms with Crippen LogP contribution in [0.4, 0.5) is 0 Å². The number of rotatable bonds is 4. The summed E-state index contributed by atoms with van der Waals surface area (Å²) >= 11 is 0. The topological polar surface area (TPSA) is 49.4 Å². The first-order chi connectivity index (χ1) is 9.39. The Labute approximate surface area is 121 Å². The lowest BCUT2D eigenvalue weighted by molar-refractivity contribution is -0.308. The highest BCUT2D eigenvalue weighted by molar-refractivity contribution is 5.67. The summed E-state index contributed by atoms with van der Waals surface area (Å²) in [6, 6.07) is 8.20. The molecule has 0 amide bonds. The maximum absolute atomic E-state index is 11.3. The molecular weight excluding hydrogens is 252 g/mol. The highest BCUT2D eigenvalue weighted by Crippen LogP contribution is 2.45. The molecule has 1 saturated heterocycles. The van der Waals surface area contributed by atoms with Gasteiger partial charge in [-0.15, -0.1) is 0 Å². The Bertz CT molecular complexity index is 480. The number of hydrogen-bond donors (Lipinski definition) is 0. The van der Waals surface area contributed by atoms with Crippen LogP contribution in [-0.2, 0) is 14.9 Å². The van der Waals surface area contributed by atoms with Crippen LogP contribution in [0.5, 0.6) is 0 Å². The van der Waals surface area contributed by atoms with E-state index in [1.54, 1.807) is 0 Å². The van der Waals surface area contributed by atoms with Crippen LogP contribution in [0.25, 0.3) is 0 Å². The van der Waals surface area contributed by atoms with Gasteiger partial charge in [0, 0.05) is 18.0 Å². The van der Waals surface area contributed by atoms with Crippen molar-refractivity contribution in [3.05, 3.63) is 35.4 Å². The van der Waals surface area contributed by atoms with Gasteiger partial charge in [-0.1, -0.05) is 36.8 Å². The first-order valence-corrected chi connectivity index (χ1v) is 7.30. The number of carbonyl (C=O) groups is 1. The van der Waals surface area contributed by atoms with Crippen LogP contribution in [0.3, 0.4) is 0 Å². The Morgan fingerprint density at radius 3 is 2.55 bits per heavy atom. The number of benzene rings is 1. The van der Waals surface area contributed by atoms with Gasteiger partial charge in [-0.05, 0) is 45.1 Å². The lowest BCUT2D eigenvalue weighted by Gasteiger charge is -2.47. The Hall–Kier alpha value is -1.35. The van der Waals surface area contributed by atoms with E-state index in [1.807, 2.05) is 19.1 Å². The zero-order chi connectivity index (χ0) is 14.8. The normalized spacial score (nSPS) is 30.1. The lowest BCUT2D eigenvalue weighted by atomic mass is 9.66. The van der Waals surface area contributed by atoms with Crippen molar-refractivity contribution in [1.29, 1.82) is 0 Å². The van der Waals surface area contributed by atoms with Crippen LogP contribution in [0.2, 0.25) is 0 Å². The van der Waals surface area contributed by atoms with Gasteiger partial charge in [-0.2, -0.15) is 0 Å². The molecular formula is C17H23O3-. The van der Waals surface area contributed by atoms with E-state index in [0.717, 1.165) is 24.8 Å². The number of aryl methyl sites for hydroxylation is 1. The molecule has 1 fully saturated rings. The Morgan fingerprint density at radius 2 is 2.00 bits per heavy atom. The third kappa shape index (κ3) is 3.04. The van der Waals surface area contributed by atoms with Gasteiger partial charge < -0.3 is 14.6 Å². The fourth-order valence-electron chi connectivity index (χ4n) is 3.26. The number of aliphatic carboxylic acids is 1. The molecule has 0 saturated carbocycles. The molecule has 2 rings (SSSR count). The summed E-state index contributed by atoms with van der Waals surface area (Å²) in [6.45, 7) is 6.80. The monoisotopic (exact) mass is 275 g/mol. The third-order valence-corrected chi connectivity index (χ3v) is 4.64. The highest BCUT2D eigenvalue weighted by atomic mass is 16.5. The van der Waals surface area contributed by atoms with Crippen LogP contribution in [0.15, 0.2) is 24.3 Å². The van der Waals surface area contributed by atoms with Crippen molar-refractivity contribution in [1.82, 2.24) is 0 Å². The van der Waals surface area contributed by atoms with Crippen LogP contribution in [0, 0.1) is 6.92 Å². The van der Waals surface area contributed by atoms with Crippen LogP contribution < -0.4 is 5.11 Å². The Morgan fingerprint density at radius 1 is 1.35 bits per heavy atom. The molecule has 0 aromatic heterocycles. The first-order valence-electron chi connectivity index (χ1n) is 7.30. The molecule has 1 heterocycles. The molecule has 3 heteroatoms. The predicted octanol–water partition coefficient (Wildman–Crippen LogP) is 2.35. The SMILES string of the molecule is CC[C@]1(C)C[C@](CC(=O)[O-])(c2ccc(C)cc2)CCO1. The van der Waals surface area contributed by atoms with Gasteiger partial charge in [-0.3, -0.25) is 0 Å². The number of carboxylic acids is 1. The Kier molecular flexibility index (Phi) is 4.19. The fraction of sp³-hybridized carbons (Fsp3) is 0.588. The molecule has 1 aliphatic heterocycles. The van der Waals surface area contributed by atoms with E-state index < -0.39 is 5.97 Å². The summed E-state index contributed by atoms with van der Waals surface area (Å²) in [5.41, 5.74) is 1.66. The second-order valence-corrected chi connectivity index (χ2v) is 6.27. The smallest absolute Gasteiger partial charge is 0.0660 e. The number of ether oxygens (including phenoxy) is 1. The standard InChI is InChI=1S/C17H24O3/c1-4-16(3)12-17(9-10-20-16,11-15(18)19)14-7-5-13(2)6-8-14/h5-8H,4,9-12H2,1-3H3,(H,18,19)/p-1/t16-,17+/m1/s1. The summed E-state index contributed by atoms with van der Waals surface area (Å²) < 4.78 is 5.88. The highest BCUT2D eigenvalue weighted by Gasteiger charge is 2.43. The summed E-state index contributed by atoms with van der Waals surface area (Å²) in [5.74, 6) is -0.981. The van der Waals surface area contributed by atoms with Gasteiger partial charge in [-0.25, -0.2) is 0 Å². The maximum Gasteiger partial charge on any atom is 0.0660 e. The van der Waals surface area contributed by atoms with E-state index in [9.17, 15) is 9.90 Å². The van der Waals surface area contributed by atoms with Crippen molar-refractivity contribution in [2.75, 3.05) is 6.61 Å². The van der Waals surface area contributed by atoms with E-state index >= 15 is 0 Å². The molecule has 0 N–H and O–H groups in total. The zero-order valence-electron chi connectivity index (χ0n) is 12.6. The molecule has 110 valence electrons. The largest absolute Gasteiger partial charge is 0.550 e. The average Bonchev–Trinajstić information content (AvgIpc) is 2.38. The molecule has 3 nitrogen and oxygen atoms in total. The van der Waals surface area contributed by atoms with E-state index in [0.29, 0.717) is 6.61 Å². The molecule has 2 atom stereocenters. The van der Waals surface area contributed by atoms with Gasteiger partial charge in [0.2, 0.25) is 0 Å². The summed E-state index contributed by atoms with van der Waals surface area (Å²) in [4.78, 5) is 11.3. The molecule has 1 aromatic carbocycles. The van der Waals surface area contributed by atoms with E-state index in [-0.39, 0.29) is 17.4 Å². The van der Waals surface area contributed by atoms with E-state index in [4.69, 9.17) is 4.74 Å². The van der Waals surface area contributed by atoms with Gasteiger partial charge in [0.15, 0.2) is 0 Å². The second kappa shape index (κ2) is 5.57. The molecule has 0 spiro atoms. The van der Waals surface area contributed by atoms with Gasteiger partial charge in [0.1, 0.15) is 0 Å². The van der Waals surface area contributed by atoms with E-state index in [1.165, 1.54) is 5.56 Å². The van der Waals surface area contributed by atoms with Crippen LogP contribution in [-0.4, -0.2) is 18.2 Å². The second-order valence-electron chi connectivity index (χ2n) is 6.27. The van der Waals surface area contributed by atoms with Crippen molar-refractivity contribution < 1.29 is 14.6 Å². The summed E-state index contributed by atoms with van der Waals surface area (Å²) in [7, 11) is 0. The predicted molar refractivity (Wildman–Crippen MR) is 76.4 cm³/mol. The van der Waals surface area contributed by atoms with Gasteiger partial charge in [0.25, 0.3) is 0 Å². The lowest BCUT2D eigenvalue weighted by Crippen LogP contribution is -2.48. The molecule has 0 unspecified atom stereocenters. The van der Waals surface area contributed by atoms with Crippen LogP contribution >= 0.6 is 0 Å². The van der Waals surface area contributed by atoms with Gasteiger partial charge >= 0.3 is 0 Å². The van der Waals surface area contributed by atoms with Crippen molar-refractivity contribution >= 4 is 5.97 Å². The number of carbonyl (C=O) groups excluding carboxylic acids is 1. The molecule has 0 bridgehead atoms. The molecule has 0 aliphatic carbocycles. The average molecular weight is 275 g/mol. The molecule has 20 heavy (non-hydrogen) atoms. The maximum atomic E-state index is 11.3. The molecule has 1 aliphatic rings. The quantitative estimate of drug-likeness (QED) is 0.847. The van der Waals surface area contributed by atoms with Crippen LogP contribution in [0.1, 0.15) is 50.7 Å². The van der Waals surface area contributed by atoms with Gasteiger partial charge in [0.05, 0.1) is 5.60 Å². The van der Waals surface area contributed by atoms with E-state index in [2.05, 4.69) is 26.0 Å². The number of hydrogen-bond acceptors (Lipinski definition) is 3. The minimum atomic E-state index is -0.981. The van der Waals surface area contributed by atoms with Crippen molar-refractivity contribution in [3.63, 3.8) is 0 Å². The Balaban J connectivity index is 2.39. The molecule has 0 radical (unpaired) electrons. The number of carboxylic acid groups (broad SMARTS) is 1. The minimum absolute atomic E-state index is 0.0645. The van der Waals surface area contributed by atoms with Crippen molar-refractivity contribution in [3.8, 4) is 0 Å². The fourth-order valence-corrected chi connectivity index (χ4v) is 3.26. The molecule has 1 aromatic rings. The minimum Gasteiger partial charge on any atom is -0.550 e. The third-order valence-electron chi connectivity index (χ3n) is 4.64. The first kappa shape index (κ1) is 15.0.